The molecule has 0 saturated carbocycles. The number of nitrogens with one attached hydrogen (secondary N) is 10. The molecule has 0 radical (unpaired) electrons. The zero-order valence-electron chi connectivity index (χ0n) is 42.6. The van der Waals surface area contributed by atoms with Gasteiger partial charge in [0.05, 0.1) is 13.0 Å². The van der Waals surface area contributed by atoms with Gasteiger partial charge in [-0.05, 0) is 73.4 Å². The lowest BCUT2D eigenvalue weighted by Gasteiger charge is -2.26. The number of aromatic amines is 1. The van der Waals surface area contributed by atoms with E-state index < -0.39 is 114 Å². The van der Waals surface area contributed by atoms with Gasteiger partial charge in [0, 0.05) is 69.2 Å². The van der Waals surface area contributed by atoms with E-state index in [2.05, 4.69) is 52.8 Å². The number of carbonyl (C=O) groups excluding carboxylic acids is 10. The maximum absolute atomic E-state index is 14.5. The van der Waals surface area contributed by atoms with Crippen molar-refractivity contribution in [1.82, 2.24) is 52.8 Å². The number of fused-ring (bicyclic) bond motifs is 1. The van der Waals surface area contributed by atoms with E-state index in [0.29, 0.717) is 34.0 Å². The van der Waals surface area contributed by atoms with Gasteiger partial charge in [-0.2, -0.15) is 0 Å². The Hall–Kier alpha value is -8.83. The normalized spacial score (nSPS) is 18.9. The van der Waals surface area contributed by atoms with E-state index >= 15 is 0 Å². The highest BCUT2D eigenvalue weighted by Crippen LogP contribution is 2.20. The van der Waals surface area contributed by atoms with Crippen molar-refractivity contribution in [1.29, 1.82) is 0 Å². The minimum absolute atomic E-state index is 0.00686. The van der Waals surface area contributed by atoms with Gasteiger partial charge >= 0.3 is 5.97 Å². The molecule has 3 aromatic carbocycles. The smallest absolute Gasteiger partial charge is 0.305 e. The van der Waals surface area contributed by atoms with Gasteiger partial charge in [-0.3, -0.25) is 52.7 Å². The number of carboxylic acid groups (broad SMARTS) is 1. The average molecular weight is 1070 g/mol. The number of para-hydroxylation sites is 1. The quantitative estimate of drug-likeness (QED) is 0.0660. The highest BCUT2D eigenvalue weighted by molar-refractivity contribution is 5.98. The molecular weight excluding hydrogens is 999 g/mol. The molecule has 6 atom stereocenters. The summed E-state index contributed by atoms with van der Waals surface area (Å²) in [7, 11) is 0. The molecule has 0 unspecified atom stereocenters. The second kappa shape index (κ2) is 29.9. The zero-order valence-corrected chi connectivity index (χ0v) is 42.6. The first-order valence-corrected chi connectivity index (χ1v) is 25.3. The predicted octanol–water partition coefficient (Wildman–Crippen LogP) is -0.727. The molecular formula is C53H67N11O13. The molecule has 77 heavy (non-hydrogen) atoms. The van der Waals surface area contributed by atoms with Gasteiger partial charge in [0.2, 0.25) is 59.1 Å². The minimum Gasteiger partial charge on any atom is -0.508 e. The maximum Gasteiger partial charge on any atom is 0.305 e. The van der Waals surface area contributed by atoms with E-state index in [1.807, 2.05) is 0 Å². The number of carboxylic acids is 1. The molecule has 0 bridgehead atoms. The van der Waals surface area contributed by atoms with Crippen LogP contribution in [0.1, 0.15) is 81.4 Å². The molecule has 1 aromatic heterocycles. The summed E-state index contributed by atoms with van der Waals surface area (Å²) < 4.78 is 0. The van der Waals surface area contributed by atoms with Crippen LogP contribution in [0.2, 0.25) is 0 Å². The van der Waals surface area contributed by atoms with Crippen LogP contribution >= 0.6 is 0 Å². The topological polar surface area (TPSA) is 378 Å². The number of hydrogen-bond donors (Lipinski definition) is 13. The molecule has 0 spiro atoms. The average Bonchev–Trinajstić information content (AvgIpc) is 3.81. The number of aromatic hydroxyl groups is 1. The van der Waals surface area contributed by atoms with Gasteiger partial charge in [0.1, 0.15) is 42.0 Å². The van der Waals surface area contributed by atoms with Gasteiger partial charge in [-0.1, -0.05) is 60.7 Å². The lowest BCUT2D eigenvalue weighted by Crippen LogP contribution is -2.59. The van der Waals surface area contributed by atoms with Crippen molar-refractivity contribution in [2.24, 2.45) is 5.73 Å². The number of aromatic nitrogens is 1. The van der Waals surface area contributed by atoms with Crippen LogP contribution in [0.5, 0.6) is 5.75 Å². The highest BCUT2D eigenvalue weighted by atomic mass is 16.4. The summed E-state index contributed by atoms with van der Waals surface area (Å²) in [5.41, 5.74) is 8.10. The third kappa shape index (κ3) is 20.1. The second-order valence-corrected chi connectivity index (χ2v) is 18.7. The van der Waals surface area contributed by atoms with Crippen molar-refractivity contribution in [2.75, 3.05) is 19.6 Å². The fourth-order valence-electron chi connectivity index (χ4n) is 8.48. The van der Waals surface area contributed by atoms with Crippen molar-refractivity contribution in [2.45, 2.75) is 120 Å². The number of benzene rings is 3. The van der Waals surface area contributed by atoms with Gasteiger partial charge in [0.25, 0.3) is 0 Å². The van der Waals surface area contributed by atoms with Crippen LogP contribution in [0, 0.1) is 0 Å². The fraction of sp³-hybridized carbons (Fsp3) is 0.415. The summed E-state index contributed by atoms with van der Waals surface area (Å²) in [6, 6.07) is 13.2. The molecule has 0 aliphatic carbocycles. The molecule has 24 heteroatoms. The fourth-order valence-corrected chi connectivity index (χ4v) is 8.48. The van der Waals surface area contributed by atoms with Crippen molar-refractivity contribution < 1.29 is 63.0 Å². The van der Waals surface area contributed by atoms with Crippen molar-refractivity contribution in [3.8, 4) is 5.75 Å². The third-order valence-corrected chi connectivity index (χ3v) is 12.5. The van der Waals surface area contributed by atoms with Gasteiger partial charge in [0.15, 0.2) is 0 Å². The van der Waals surface area contributed by atoms with Gasteiger partial charge in [-0.25, -0.2) is 0 Å². The maximum atomic E-state index is 14.5. The standard InChI is InChI=1S/C53H67N11O13/c1-31(65)59-41(26-33-17-19-35(66)20-18-33)51(75)61-38-15-7-9-23-55-44(67)21-22-45(68)56-24-10-8-16-39(50(74)64-43(28-47(70)71)53(77)63-40(48(54)72)25-32-11-3-2-4-12-32)62-52(76)42(60-46(69)30-58-49(38)73)27-34-29-57-37-14-6-5-13-36(34)37/h2-6,11-14,17-20,29,38-43,57,66H,7-10,15-16,21-28,30H2,1H3,(H2,54,72)(H,55,67)(H,56,68)(H,58,73)(H,59,65)(H,60,69)(H,61,75)(H,62,76)(H,63,77)(H,64,74)(H,70,71)/t38-,39-,40-,41-,42+,43-/m0/s1. The lowest BCUT2D eigenvalue weighted by molar-refractivity contribution is -0.141. The molecule has 1 saturated heterocycles. The first-order valence-electron chi connectivity index (χ1n) is 25.3. The molecule has 1 aliphatic rings. The summed E-state index contributed by atoms with van der Waals surface area (Å²) in [5, 5.41) is 43.6. The molecule has 412 valence electrons. The summed E-state index contributed by atoms with van der Waals surface area (Å²) in [6.07, 6.45) is 1.11. The van der Waals surface area contributed by atoms with E-state index in [4.69, 9.17) is 5.73 Å². The highest BCUT2D eigenvalue weighted by Gasteiger charge is 2.33. The van der Waals surface area contributed by atoms with E-state index in [1.165, 1.54) is 19.1 Å². The first-order chi connectivity index (χ1) is 36.8. The first kappa shape index (κ1) is 59.1. The monoisotopic (exact) mass is 1070 g/mol. The third-order valence-electron chi connectivity index (χ3n) is 12.5. The number of nitrogens with two attached hydrogens (primary N) is 1. The molecule has 10 amide bonds. The zero-order chi connectivity index (χ0) is 55.9. The van der Waals surface area contributed by atoms with Crippen molar-refractivity contribution >= 4 is 75.9 Å². The van der Waals surface area contributed by atoms with E-state index in [-0.39, 0.29) is 83.0 Å². The Balaban J connectivity index is 1.41. The Morgan fingerprint density at radius 3 is 1.94 bits per heavy atom. The Morgan fingerprint density at radius 2 is 1.29 bits per heavy atom. The Labute approximate surface area is 443 Å². The summed E-state index contributed by atoms with van der Waals surface area (Å²) in [4.78, 5) is 149. The van der Waals surface area contributed by atoms with Crippen LogP contribution in [0.25, 0.3) is 10.9 Å². The van der Waals surface area contributed by atoms with Crippen LogP contribution in [0.3, 0.4) is 0 Å². The SMILES string of the molecule is CC(=O)N[C@@H](Cc1ccc(O)cc1)C(=O)N[C@H]1CCCCNC(=O)CCC(=O)NCCCC[C@@H](C(=O)N[C@@H](CC(=O)O)C(=O)N[C@@H](Cc2ccccc2)C(N)=O)NC(=O)[C@@H](Cc2c[nH]c3ccccc23)NC(=O)CNC1=O. The number of phenols is 1. The number of aliphatic carboxylic acids is 1. The molecule has 4 aromatic rings. The van der Waals surface area contributed by atoms with Crippen molar-refractivity contribution in [3.05, 3.63) is 102 Å². The number of carbonyl (C=O) groups is 11. The van der Waals surface area contributed by atoms with Gasteiger partial charge in [-0.15, -0.1) is 0 Å². The number of H-pyrrole nitrogens is 1. The Kier molecular flexibility index (Phi) is 22.9. The molecule has 2 heterocycles. The number of rotatable bonds is 16. The largest absolute Gasteiger partial charge is 0.508 e. The molecule has 5 rings (SSSR count). The molecule has 24 nitrogen and oxygen atoms in total. The summed E-state index contributed by atoms with van der Waals surface area (Å²) in [6.45, 7) is 0.777. The Morgan fingerprint density at radius 1 is 0.662 bits per heavy atom. The van der Waals surface area contributed by atoms with Crippen LogP contribution in [0.4, 0.5) is 0 Å². The molecule has 14 N–H and O–H groups in total. The van der Waals surface area contributed by atoms with Gasteiger partial charge < -0.3 is 68.8 Å². The minimum atomic E-state index is -1.77. The van der Waals surface area contributed by atoms with E-state index in [0.717, 1.165) is 0 Å². The Bertz CT molecular complexity index is 2730. The van der Waals surface area contributed by atoms with Crippen LogP contribution in [0.15, 0.2) is 85.1 Å². The van der Waals surface area contributed by atoms with Crippen LogP contribution < -0.4 is 53.6 Å². The number of hydrogen-bond acceptors (Lipinski definition) is 12. The van der Waals surface area contributed by atoms with E-state index in [1.54, 1.807) is 72.9 Å². The summed E-state index contributed by atoms with van der Waals surface area (Å²) in [5.74, 6) is -9.18. The van der Waals surface area contributed by atoms with Crippen LogP contribution in [-0.4, -0.2) is 136 Å². The number of primary amides is 1. The predicted molar refractivity (Wildman–Crippen MR) is 279 cm³/mol. The molecule has 1 fully saturated rings. The second-order valence-electron chi connectivity index (χ2n) is 18.7. The number of amides is 10. The van der Waals surface area contributed by atoms with Crippen LogP contribution in [-0.2, 0) is 72.0 Å². The summed E-state index contributed by atoms with van der Waals surface area (Å²) >= 11 is 0. The van der Waals surface area contributed by atoms with E-state index in [9.17, 15) is 63.0 Å². The van der Waals surface area contributed by atoms with Crippen molar-refractivity contribution in [3.63, 3.8) is 0 Å². The number of phenolic OH excluding ortho intramolecular Hbond substituents is 1. The lowest BCUT2D eigenvalue weighted by atomic mass is 10.0. The molecule has 1 aliphatic heterocycles.